The van der Waals surface area contributed by atoms with Crippen LogP contribution >= 0.6 is 11.6 Å². The van der Waals surface area contributed by atoms with Crippen LogP contribution in [-0.2, 0) is 16.6 Å². The highest BCUT2D eigenvalue weighted by Gasteiger charge is 2.31. The molecule has 0 atom stereocenters. The fraction of sp³-hybridized carbons (Fsp3) is 0.381. The summed E-state index contributed by atoms with van der Waals surface area (Å²) in [4.78, 5) is 39.8. The van der Waals surface area contributed by atoms with Gasteiger partial charge in [-0.05, 0) is 44.2 Å². The minimum absolute atomic E-state index is 0.00869. The van der Waals surface area contributed by atoms with E-state index in [1.54, 1.807) is 43.0 Å². The van der Waals surface area contributed by atoms with Gasteiger partial charge in [-0.25, -0.2) is 0 Å². The van der Waals surface area contributed by atoms with E-state index < -0.39 is 17.1 Å². The highest BCUT2D eigenvalue weighted by Crippen LogP contribution is 2.22. The van der Waals surface area contributed by atoms with Crippen molar-refractivity contribution >= 4 is 29.1 Å². The van der Waals surface area contributed by atoms with Crippen LogP contribution in [0.25, 0.3) is 0 Å². The van der Waals surface area contributed by atoms with Crippen molar-refractivity contribution < 1.29 is 19.1 Å². The molecule has 3 rings (SSSR count). The Morgan fingerprint density at radius 1 is 1.17 bits per heavy atom. The van der Waals surface area contributed by atoms with Gasteiger partial charge in [0.25, 0.3) is 17.4 Å². The summed E-state index contributed by atoms with van der Waals surface area (Å²) < 4.78 is 12.3. The lowest BCUT2D eigenvalue weighted by atomic mass is 10.1. The molecule has 9 heteroatoms. The fourth-order valence-electron chi connectivity index (χ4n) is 2.98. The summed E-state index contributed by atoms with van der Waals surface area (Å²) in [7, 11) is 1.53. The molecule has 2 heterocycles. The lowest BCUT2D eigenvalue weighted by Crippen LogP contribution is -2.44. The Kier molecular flexibility index (Phi) is 6.48. The van der Waals surface area contributed by atoms with Crippen molar-refractivity contribution in [2.24, 2.45) is 7.05 Å². The van der Waals surface area contributed by atoms with Crippen molar-refractivity contribution in [3.05, 3.63) is 57.5 Å². The number of halogens is 1. The van der Waals surface area contributed by atoms with Crippen LogP contribution in [0.15, 0.2) is 41.3 Å². The average molecular weight is 434 g/mol. The van der Waals surface area contributed by atoms with Crippen LogP contribution < -0.4 is 15.6 Å². The molecule has 0 spiro atoms. The van der Waals surface area contributed by atoms with Crippen molar-refractivity contribution in [3.63, 3.8) is 0 Å². The number of pyridine rings is 1. The molecule has 1 fully saturated rings. The van der Waals surface area contributed by atoms with Crippen molar-refractivity contribution in [1.82, 2.24) is 9.47 Å². The lowest BCUT2D eigenvalue weighted by molar-refractivity contribution is -0.128. The summed E-state index contributed by atoms with van der Waals surface area (Å²) in [6, 6.07) is 8.01. The van der Waals surface area contributed by atoms with E-state index in [9.17, 15) is 14.4 Å². The first kappa shape index (κ1) is 21.9. The Morgan fingerprint density at radius 3 is 2.43 bits per heavy atom. The summed E-state index contributed by atoms with van der Waals surface area (Å²) in [6.07, 6.45) is 1.46. The van der Waals surface area contributed by atoms with Gasteiger partial charge in [-0.1, -0.05) is 11.6 Å². The summed E-state index contributed by atoms with van der Waals surface area (Å²) in [5.74, 6) is -0.282. The number of benzene rings is 1. The number of hydrogen-bond donors (Lipinski definition) is 1. The number of amides is 2. The van der Waals surface area contributed by atoms with Gasteiger partial charge in [0.1, 0.15) is 11.4 Å². The molecule has 8 nitrogen and oxygen atoms in total. The molecule has 1 aliphatic heterocycles. The number of hydrogen-bond acceptors (Lipinski definition) is 5. The number of aryl methyl sites for hydroxylation is 1. The maximum absolute atomic E-state index is 12.8. The molecule has 1 N–H and O–H groups in total. The standard InChI is InChI=1S/C21H24ClN3O5/c1-21(2,30-16-6-4-15(22)5-7-16)20(28)23-17-12-14(13-24(3)19(17)27)18(26)25-8-10-29-11-9-25/h4-7,12-13H,8-11H2,1-3H3,(H,23,28). The second-order valence-electron chi connectivity index (χ2n) is 7.48. The minimum atomic E-state index is -1.27. The van der Waals surface area contributed by atoms with Crippen LogP contribution in [0.1, 0.15) is 24.2 Å². The molecule has 1 aliphatic rings. The van der Waals surface area contributed by atoms with Crippen LogP contribution in [0.3, 0.4) is 0 Å². The van der Waals surface area contributed by atoms with E-state index in [0.717, 1.165) is 0 Å². The number of ether oxygens (including phenoxy) is 2. The third-order valence-electron chi connectivity index (χ3n) is 4.71. The maximum Gasteiger partial charge on any atom is 0.274 e. The smallest absolute Gasteiger partial charge is 0.274 e. The van der Waals surface area contributed by atoms with Gasteiger partial charge < -0.3 is 24.3 Å². The zero-order chi connectivity index (χ0) is 21.9. The second-order valence-corrected chi connectivity index (χ2v) is 7.92. The first-order valence-electron chi connectivity index (χ1n) is 9.51. The zero-order valence-electron chi connectivity index (χ0n) is 17.1. The van der Waals surface area contributed by atoms with E-state index in [-0.39, 0.29) is 11.6 Å². The van der Waals surface area contributed by atoms with E-state index in [4.69, 9.17) is 21.1 Å². The van der Waals surface area contributed by atoms with Gasteiger partial charge in [0.2, 0.25) is 0 Å². The van der Waals surface area contributed by atoms with E-state index >= 15 is 0 Å². The highest BCUT2D eigenvalue weighted by atomic mass is 35.5. The average Bonchev–Trinajstić information content (AvgIpc) is 2.72. The van der Waals surface area contributed by atoms with Crippen molar-refractivity contribution in [3.8, 4) is 5.75 Å². The fourth-order valence-corrected chi connectivity index (χ4v) is 3.11. The second kappa shape index (κ2) is 8.89. The van der Waals surface area contributed by atoms with Gasteiger partial charge in [0, 0.05) is 31.4 Å². The van der Waals surface area contributed by atoms with E-state index in [2.05, 4.69) is 5.32 Å². The molecule has 0 radical (unpaired) electrons. The molecule has 0 saturated carbocycles. The van der Waals surface area contributed by atoms with Crippen LogP contribution in [-0.4, -0.2) is 53.2 Å². The minimum Gasteiger partial charge on any atom is -0.478 e. The first-order chi connectivity index (χ1) is 14.2. The van der Waals surface area contributed by atoms with Crippen LogP contribution in [0, 0.1) is 0 Å². The largest absolute Gasteiger partial charge is 0.478 e. The number of carbonyl (C=O) groups is 2. The molecule has 2 amide bonds. The van der Waals surface area contributed by atoms with Crippen LogP contribution in [0.4, 0.5) is 5.69 Å². The van der Waals surface area contributed by atoms with Crippen molar-refractivity contribution in [2.75, 3.05) is 31.6 Å². The van der Waals surface area contributed by atoms with Gasteiger partial charge in [0.15, 0.2) is 5.60 Å². The third-order valence-corrected chi connectivity index (χ3v) is 4.96. The summed E-state index contributed by atoms with van der Waals surface area (Å²) in [5, 5.41) is 3.15. The Balaban J connectivity index is 1.79. The van der Waals surface area contributed by atoms with Crippen molar-refractivity contribution in [2.45, 2.75) is 19.4 Å². The number of aromatic nitrogens is 1. The van der Waals surface area contributed by atoms with E-state index in [1.807, 2.05) is 0 Å². The number of morpholine rings is 1. The van der Waals surface area contributed by atoms with Gasteiger partial charge in [-0.2, -0.15) is 0 Å². The SMILES string of the molecule is Cn1cc(C(=O)N2CCOCC2)cc(NC(=O)C(C)(C)Oc2ccc(Cl)cc2)c1=O. The molecule has 1 aromatic carbocycles. The van der Waals surface area contributed by atoms with Gasteiger partial charge in [-0.15, -0.1) is 0 Å². The van der Waals surface area contributed by atoms with E-state index in [0.29, 0.717) is 42.6 Å². The topological polar surface area (TPSA) is 89.9 Å². The molecule has 0 unspecified atom stereocenters. The predicted octanol–water partition coefficient (Wildman–Crippen LogP) is 2.31. The molecule has 1 saturated heterocycles. The van der Waals surface area contributed by atoms with E-state index in [1.165, 1.54) is 23.9 Å². The number of nitrogens with one attached hydrogen (secondary N) is 1. The predicted molar refractivity (Wildman–Crippen MR) is 113 cm³/mol. The monoisotopic (exact) mass is 433 g/mol. The molecule has 2 aromatic rings. The molecule has 0 aliphatic carbocycles. The number of carbonyl (C=O) groups excluding carboxylic acids is 2. The molecular formula is C21H24ClN3O5. The lowest BCUT2D eigenvalue weighted by Gasteiger charge is -2.27. The first-order valence-corrected chi connectivity index (χ1v) is 9.89. The molecule has 160 valence electrons. The Hall–Kier alpha value is -2.84. The van der Waals surface area contributed by atoms with Crippen molar-refractivity contribution in [1.29, 1.82) is 0 Å². The van der Waals surface area contributed by atoms with Gasteiger partial charge >= 0.3 is 0 Å². The maximum atomic E-state index is 12.8. The highest BCUT2D eigenvalue weighted by molar-refractivity contribution is 6.30. The molecular weight excluding hydrogens is 410 g/mol. The van der Waals surface area contributed by atoms with Crippen LogP contribution in [0.5, 0.6) is 5.75 Å². The van der Waals surface area contributed by atoms with Gasteiger partial charge in [-0.3, -0.25) is 14.4 Å². The molecule has 30 heavy (non-hydrogen) atoms. The Morgan fingerprint density at radius 2 is 1.80 bits per heavy atom. The Bertz CT molecular complexity index is 995. The Labute approximate surface area is 179 Å². The quantitative estimate of drug-likeness (QED) is 0.781. The normalized spacial score (nSPS) is 14.3. The number of nitrogens with zero attached hydrogens (tertiary/aromatic N) is 2. The molecule has 1 aromatic heterocycles. The summed E-state index contributed by atoms with van der Waals surface area (Å²) in [6.45, 7) is 5.07. The number of rotatable bonds is 5. The summed E-state index contributed by atoms with van der Waals surface area (Å²) in [5.41, 5.74) is -1.38. The molecule has 0 bridgehead atoms. The number of anilines is 1. The summed E-state index contributed by atoms with van der Waals surface area (Å²) >= 11 is 5.87. The van der Waals surface area contributed by atoms with Crippen LogP contribution in [0.2, 0.25) is 5.02 Å². The zero-order valence-corrected chi connectivity index (χ0v) is 17.9. The third kappa shape index (κ3) is 5.01. The van der Waals surface area contributed by atoms with Gasteiger partial charge in [0.05, 0.1) is 18.8 Å².